The molecule has 23 heavy (non-hydrogen) atoms. The van der Waals surface area contributed by atoms with Crippen molar-refractivity contribution < 1.29 is 9.32 Å². The Morgan fingerprint density at radius 1 is 1.13 bits per heavy atom. The highest BCUT2D eigenvalue weighted by Crippen LogP contribution is 2.28. The number of pyridine rings is 2. The maximum Gasteiger partial charge on any atom is 0.272 e. The summed E-state index contributed by atoms with van der Waals surface area (Å²) in [6.07, 6.45) is 4.98. The third kappa shape index (κ3) is 2.57. The molecular weight excluding hydrogens is 294 g/mol. The van der Waals surface area contributed by atoms with Gasteiger partial charge in [-0.2, -0.15) is 4.98 Å². The van der Waals surface area contributed by atoms with Gasteiger partial charge in [0.25, 0.3) is 5.91 Å². The largest absolute Gasteiger partial charge is 0.339 e. The maximum absolute atomic E-state index is 12.2. The van der Waals surface area contributed by atoms with Crippen LogP contribution in [0.5, 0.6) is 0 Å². The fraction of sp³-hybridized carbons (Fsp3) is 0.188. The number of carbonyl (C=O) groups is 1. The first-order valence-corrected chi connectivity index (χ1v) is 7.25. The number of hydrogen-bond acceptors (Lipinski definition) is 6. The summed E-state index contributed by atoms with van der Waals surface area (Å²) in [5, 5.41) is 3.99. The lowest BCUT2D eigenvalue weighted by Gasteiger charge is -2.36. The van der Waals surface area contributed by atoms with E-state index >= 15 is 0 Å². The van der Waals surface area contributed by atoms with E-state index in [9.17, 15) is 4.79 Å². The summed E-state index contributed by atoms with van der Waals surface area (Å²) in [6, 6.07) is 8.95. The third-order valence-electron chi connectivity index (χ3n) is 3.78. The van der Waals surface area contributed by atoms with Crippen LogP contribution in [0.3, 0.4) is 0 Å². The lowest BCUT2D eigenvalue weighted by molar-refractivity contribution is 0.0563. The van der Waals surface area contributed by atoms with Gasteiger partial charge in [0.1, 0.15) is 5.69 Å². The monoisotopic (exact) mass is 307 g/mol. The highest BCUT2D eigenvalue weighted by Gasteiger charge is 2.36. The molecule has 0 aromatic carbocycles. The Morgan fingerprint density at radius 3 is 2.70 bits per heavy atom. The molecule has 0 saturated carbocycles. The number of hydrogen-bond donors (Lipinski definition) is 0. The van der Waals surface area contributed by atoms with Crippen molar-refractivity contribution in [1.82, 2.24) is 25.0 Å². The van der Waals surface area contributed by atoms with Crippen LogP contribution in [-0.2, 0) is 0 Å². The highest BCUT2D eigenvalue weighted by molar-refractivity contribution is 5.92. The Kier molecular flexibility index (Phi) is 3.30. The molecule has 3 aromatic rings. The van der Waals surface area contributed by atoms with Gasteiger partial charge in [-0.3, -0.25) is 14.8 Å². The molecule has 1 saturated heterocycles. The van der Waals surface area contributed by atoms with E-state index in [1.165, 1.54) is 0 Å². The molecule has 0 spiro atoms. The molecule has 4 heterocycles. The lowest BCUT2D eigenvalue weighted by atomic mass is 9.99. The minimum absolute atomic E-state index is 0.0734. The molecule has 114 valence electrons. The van der Waals surface area contributed by atoms with Crippen LogP contribution in [0.4, 0.5) is 0 Å². The summed E-state index contributed by atoms with van der Waals surface area (Å²) in [5.74, 6) is 1.10. The zero-order valence-corrected chi connectivity index (χ0v) is 12.2. The average Bonchev–Trinajstić information content (AvgIpc) is 3.05. The lowest BCUT2D eigenvalue weighted by Crippen LogP contribution is -2.48. The molecule has 1 aliphatic rings. The van der Waals surface area contributed by atoms with Crippen LogP contribution in [0.2, 0.25) is 0 Å². The van der Waals surface area contributed by atoms with Gasteiger partial charge in [0.05, 0.1) is 5.92 Å². The average molecular weight is 307 g/mol. The Labute approximate surface area is 132 Å². The number of aromatic nitrogens is 4. The van der Waals surface area contributed by atoms with Crippen molar-refractivity contribution in [3.8, 4) is 11.4 Å². The van der Waals surface area contributed by atoms with Crippen LogP contribution in [0.15, 0.2) is 53.4 Å². The molecule has 0 unspecified atom stereocenters. The Morgan fingerprint density at radius 2 is 1.96 bits per heavy atom. The number of nitrogens with zero attached hydrogens (tertiary/aromatic N) is 5. The van der Waals surface area contributed by atoms with Crippen LogP contribution in [-0.4, -0.2) is 44.0 Å². The molecule has 1 fully saturated rings. The van der Waals surface area contributed by atoms with Crippen LogP contribution in [0, 0.1) is 0 Å². The molecular formula is C16H13N5O2. The molecule has 0 aliphatic carbocycles. The molecule has 7 heteroatoms. The molecule has 0 atom stereocenters. The van der Waals surface area contributed by atoms with Crippen molar-refractivity contribution in [2.45, 2.75) is 5.92 Å². The highest BCUT2D eigenvalue weighted by atomic mass is 16.5. The Balaban J connectivity index is 1.43. The summed E-state index contributed by atoms with van der Waals surface area (Å²) >= 11 is 0. The second-order valence-electron chi connectivity index (χ2n) is 5.31. The molecule has 0 bridgehead atoms. The van der Waals surface area contributed by atoms with E-state index < -0.39 is 0 Å². The molecule has 1 amide bonds. The van der Waals surface area contributed by atoms with Gasteiger partial charge >= 0.3 is 0 Å². The van der Waals surface area contributed by atoms with Crippen molar-refractivity contribution in [1.29, 1.82) is 0 Å². The zero-order chi connectivity index (χ0) is 15.6. The van der Waals surface area contributed by atoms with Gasteiger partial charge in [-0.1, -0.05) is 11.2 Å². The van der Waals surface area contributed by atoms with E-state index in [0.29, 0.717) is 30.5 Å². The zero-order valence-electron chi connectivity index (χ0n) is 12.2. The first-order valence-electron chi connectivity index (χ1n) is 7.25. The van der Waals surface area contributed by atoms with Gasteiger partial charge in [-0.15, -0.1) is 0 Å². The first-order chi connectivity index (χ1) is 11.3. The number of carbonyl (C=O) groups excluding carboxylic acids is 1. The number of amides is 1. The number of rotatable bonds is 3. The topological polar surface area (TPSA) is 85.0 Å². The van der Waals surface area contributed by atoms with E-state index in [1.54, 1.807) is 41.7 Å². The van der Waals surface area contributed by atoms with Crippen molar-refractivity contribution in [3.05, 3.63) is 60.5 Å². The van der Waals surface area contributed by atoms with Gasteiger partial charge in [-0.25, -0.2) is 0 Å². The fourth-order valence-electron chi connectivity index (χ4n) is 2.47. The standard InChI is InChI=1S/C16H13N5O2/c22-16(13-3-1-2-6-18-13)21-9-12(10-21)15-19-14(20-23-15)11-4-7-17-8-5-11/h1-8,12H,9-10H2. The van der Waals surface area contributed by atoms with Crippen molar-refractivity contribution in [3.63, 3.8) is 0 Å². The van der Waals surface area contributed by atoms with Crippen molar-refractivity contribution in [2.24, 2.45) is 0 Å². The van der Waals surface area contributed by atoms with Gasteiger partial charge < -0.3 is 9.42 Å². The third-order valence-corrected chi connectivity index (χ3v) is 3.78. The summed E-state index contributed by atoms with van der Waals surface area (Å²) in [7, 11) is 0. The minimum atomic E-state index is -0.0734. The molecule has 0 N–H and O–H groups in total. The van der Waals surface area contributed by atoms with Crippen LogP contribution in [0.1, 0.15) is 22.3 Å². The predicted octanol–water partition coefficient (Wildman–Crippen LogP) is 1.77. The van der Waals surface area contributed by atoms with Gasteiger partial charge in [0.15, 0.2) is 0 Å². The first kappa shape index (κ1) is 13.6. The van der Waals surface area contributed by atoms with Crippen LogP contribution in [0.25, 0.3) is 11.4 Å². The quantitative estimate of drug-likeness (QED) is 0.733. The Bertz CT molecular complexity index is 813. The van der Waals surface area contributed by atoms with Crippen molar-refractivity contribution >= 4 is 5.91 Å². The second-order valence-corrected chi connectivity index (χ2v) is 5.31. The fourth-order valence-corrected chi connectivity index (χ4v) is 2.47. The SMILES string of the molecule is O=C(c1ccccn1)N1CC(c2nc(-c3ccncc3)no2)C1. The molecule has 0 radical (unpaired) electrons. The van der Waals surface area contributed by atoms with Gasteiger partial charge in [0.2, 0.25) is 11.7 Å². The summed E-state index contributed by atoms with van der Waals surface area (Å²) in [4.78, 5) is 26.4. The maximum atomic E-state index is 12.2. The smallest absolute Gasteiger partial charge is 0.272 e. The van der Waals surface area contributed by atoms with Crippen LogP contribution >= 0.6 is 0 Å². The summed E-state index contributed by atoms with van der Waals surface area (Å²) in [6.45, 7) is 1.13. The predicted molar refractivity (Wildman–Crippen MR) is 80.4 cm³/mol. The minimum Gasteiger partial charge on any atom is -0.339 e. The Hall–Kier alpha value is -3.09. The summed E-state index contributed by atoms with van der Waals surface area (Å²) in [5.41, 5.74) is 1.31. The van der Waals surface area contributed by atoms with Crippen LogP contribution < -0.4 is 0 Å². The van der Waals surface area contributed by atoms with E-state index in [1.807, 2.05) is 12.1 Å². The summed E-state index contributed by atoms with van der Waals surface area (Å²) < 4.78 is 5.32. The van der Waals surface area contributed by atoms with Gasteiger partial charge in [0, 0.05) is 37.2 Å². The van der Waals surface area contributed by atoms with E-state index in [2.05, 4.69) is 20.1 Å². The van der Waals surface area contributed by atoms with E-state index in [0.717, 1.165) is 5.56 Å². The second kappa shape index (κ2) is 5.60. The van der Waals surface area contributed by atoms with Gasteiger partial charge in [-0.05, 0) is 24.3 Å². The molecule has 1 aliphatic heterocycles. The molecule has 3 aromatic heterocycles. The normalized spacial score (nSPS) is 14.5. The molecule has 4 rings (SSSR count). The van der Waals surface area contributed by atoms with E-state index in [-0.39, 0.29) is 11.8 Å². The molecule has 7 nitrogen and oxygen atoms in total. The number of likely N-dealkylation sites (tertiary alicyclic amines) is 1. The van der Waals surface area contributed by atoms with E-state index in [4.69, 9.17) is 4.52 Å². The van der Waals surface area contributed by atoms with Crippen molar-refractivity contribution in [2.75, 3.05) is 13.1 Å².